The van der Waals surface area contributed by atoms with Gasteiger partial charge in [-0.3, -0.25) is 9.59 Å². The number of nitrogens with one attached hydrogen (secondary N) is 1. The van der Waals surface area contributed by atoms with Gasteiger partial charge in [-0.05, 0) is 32.3 Å². The fourth-order valence-electron chi connectivity index (χ4n) is 4.11. The van der Waals surface area contributed by atoms with Crippen LogP contribution in [0.4, 0.5) is 0 Å². The Morgan fingerprint density at radius 2 is 1.85 bits per heavy atom. The van der Waals surface area contributed by atoms with Gasteiger partial charge in [-0.25, -0.2) is 0 Å². The van der Waals surface area contributed by atoms with E-state index < -0.39 is 17.7 Å². The number of ether oxygens (including phenoxy) is 1. The summed E-state index contributed by atoms with van der Waals surface area (Å²) in [4.78, 5) is 32.9. The summed E-state index contributed by atoms with van der Waals surface area (Å²) < 4.78 is 5.17. The predicted molar refractivity (Wildman–Crippen MR) is 129 cm³/mol. The second kappa shape index (κ2) is 9.09. The normalized spacial score (nSPS) is 18.0. The Morgan fingerprint density at radius 1 is 1.18 bits per heavy atom. The second-order valence-electron chi connectivity index (χ2n) is 8.06. The third-order valence-electron chi connectivity index (χ3n) is 5.72. The molecular weight excluding hydrogens is 465 g/mol. The van der Waals surface area contributed by atoms with Crippen molar-refractivity contribution in [1.29, 1.82) is 0 Å². The zero-order chi connectivity index (χ0) is 23.9. The third kappa shape index (κ3) is 4.08. The van der Waals surface area contributed by atoms with E-state index in [1.54, 1.807) is 6.20 Å². The molecule has 9 heteroatoms. The van der Waals surface area contributed by atoms with Crippen molar-refractivity contribution in [2.24, 2.45) is 0 Å². The number of hydrogen-bond donors (Lipinski definition) is 2. The molecule has 172 valence electrons. The standard InChI is InChI=1S/C24H23Cl2N3O4/c1-28(2)8-9-29-20(15-12-27-18-7-5-4-6-14(15)18)19(22(31)24(29)32)21(30)13-10-16(25)23(33-3)17(26)11-13/h4-7,10-12,20,27,30H,8-9H2,1-3H3/b21-19+. The number of hydrogen-bond acceptors (Lipinski definition) is 5. The zero-order valence-corrected chi connectivity index (χ0v) is 19.9. The SMILES string of the molecule is COc1c(Cl)cc(/C(O)=C2\C(=O)C(=O)N(CCN(C)C)C2c2c[nH]c3ccccc23)cc1Cl. The number of amides is 1. The molecule has 3 aromatic rings. The van der Waals surface area contributed by atoms with Crippen LogP contribution in [0.2, 0.25) is 10.0 Å². The van der Waals surface area contributed by atoms with Crippen molar-refractivity contribution in [3.05, 3.63) is 69.3 Å². The number of para-hydroxylation sites is 1. The molecule has 1 amide bonds. The van der Waals surface area contributed by atoms with E-state index in [-0.39, 0.29) is 32.7 Å². The van der Waals surface area contributed by atoms with E-state index in [0.717, 1.165) is 16.5 Å². The van der Waals surface area contributed by atoms with Crippen LogP contribution in [0, 0.1) is 0 Å². The summed E-state index contributed by atoms with van der Waals surface area (Å²) in [5.74, 6) is -1.51. The van der Waals surface area contributed by atoms with Gasteiger partial charge in [0.1, 0.15) is 5.76 Å². The molecule has 2 heterocycles. The van der Waals surface area contributed by atoms with E-state index in [0.29, 0.717) is 13.1 Å². The van der Waals surface area contributed by atoms with E-state index in [9.17, 15) is 14.7 Å². The summed E-state index contributed by atoms with van der Waals surface area (Å²) in [6.45, 7) is 0.856. The molecule has 1 fully saturated rings. The molecule has 0 bridgehead atoms. The van der Waals surface area contributed by atoms with Crippen molar-refractivity contribution in [3.8, 4) is 5.75 Å². The highest BCUT2D eigenvalue weighted by atomic mass is 35.5. The number of halogens is 2. The van der Waals surface area contributed by atoms with Gasteiger partial charge in [0, 0.05) is 41.3 Å². The predicted octanol–water partition coefficient (Wildman–Crippen LogP) is 4.47. The maximum absolute atomic E-state index is 13.2. The number of benzene rings is 2. The first-order valence-corrected chi connectivity index (χ1v) is 11.0. The largest absolute Gasteiger partial charge is 0.507 e. The number of carbonyl (C=O) groups is 2. The van der Waals surface area contributed by atoms with Gasteiger partial charge in [-0.2, -0.15) is 0 Å². The van der Waals surface area contributed by atoms with Crippen molar-refractivity contribution in [3.63, 3.8) is 0 Å². The van der Waals surface area contributed by atoms with E-state index in [2.05, 4.69) is 4.98 Å². The monoisotopic (exact) mass is 487 g/mol. The number of nitrogens with zero attached hydrogens (tertiary/aromatic N) is 2. The van der Waals surface area contributed by atoms with Crippen LogP contribution < -0.4 is 4.74 Å². The molecule has 7 nitrogen and oxygen atoms in total. The van der Waals surface area contributed by atoms with Gasteiger partial charge in [0.15, 0.2) is 5.75 Å². The molecule has 1 unspecified atom stereocenters. The van der Waals surface area contributed by atoms with Gasteiger partial charge in [0.2, 0.25) is 0 Å². The summed E-state index contributed by atoms with van der Waals surface area (Å²) in [5.41, 5.74) is 1.79. The average Bonchev–Trinajstić information content (AvgIpc) is 3.30. The fourth-order valence-corrected chi connectivity index (χ4v) is 4.75. The van der Waals surface area contributed by atoms with Crippen LogP contribution in [0.1, 0.15) is 17.2 Å². The van der Waals surface area contributed by atoms with Crippen LogP contribution in [-0.4, -0.2) is 65.9 Å². The Kier molecular flexibility index (Phi) is 6.38. The minimum absolute atomic E-state index is 0.0131. The number of methoxy groups -OCH3 is 1. The van der Waals surface area contributed by atoms with Gasteiger partial charge >= 0.3 is 0 Å². The summed E-state index contributed by atoms with van der Waals surface area (Å²) in [6.07, 6.45) is 1.77. The van der Waals surface area contributed by atoms with Crippen molar-refractivity contribution >= 4 is 51.6 Å². The number of likely N-dealkylation sites (N-methyl/N-ethyl adjacent to an activating group) is 1. The Balaban J connectivity index is 1.93. The molecule has 1 aromatic heterocycles. The molecule has 0 spiro atoms. The molecule has 4 rings (SSSR count). The number of rotatable bonds is 6. The van der Waals surface area contributed by atoms with Crippen LogP contribution >= 0.6 is 23.2 Å². The maximum Gasteiger partial charge on any atom is 0.295 e. The minimum Gasteiger partial charge on any atom is -0.507 e. The number of Topliss-reactive ketones (excluding diaryl/α,β-unsaturated/α-hetero) is 1. The quantitative estimate of drug-likeness (QED) is 0.304. The summed E-state index contributed by atoms with van der Waals surface area (Å²) in [6, 6.07) is 9.74. The van der Waals surface area contributed by atoms with Gasteiger partial charge < -0.3 is 24.6 Å². The highest BCUT2D eigenvalue weighted by molar-refractivity contribution is 6.47. The number of carbonyl (C=O) groups excluding carboxylic acids is 2. The lowest BCUT2D eigenvalue weighted by Crippen LogP contribution is -2.35. The number of H-pyrrole nitrogens is 1. The molecule has 33 heavy (non-hydrogen) atoms. The number of aromatic amines is 1. The van der Waals surface area contributed by atoms with E-state index in [4.69, 9.17) is 27.9 Å². The summed E-state index contributed by atoms with van der Waals surface area (Å²) in [7, 11) is 5.21. The number of aliphatic hydroxyl groups is 1. The number of ketones is 1. The number of likely N-dealkylation sites (tertiary alicyclic amines) is 1. The van der Waals surface area contributed by atoms with E-state index >= 15 is 0 Å². The Bertz CT molecular complexity index is 1260. The smallest absolute Gasteiger partial charge is 0.295 e. The van der Waals surface area contributed by atoms with Crippen molar-refractivity contribution in [2.45, 2.75) is 6.04 Å². The Labute approximate surface area is 201 Å². The zero-order valence-electron chi connectivity index (χ0n) is 18.4. The first-order chi connectivity index (χ1) is 15.7. The fraction of sp³-hybridized carbons (Fsp3) is 0.250. The molecule has 1 saturated heterocycles. The van der Waals surface area contributed by atoms with Crippen LogP contribution in [0.15, 0.2) is 48.2 Å². The minimum atomic E-state index is -0.777. The second-order valence-corrected chi connectivity index (χ2v) is 8.87. The lowest BCUT2D eigenvalue weighted by Gasteiger charge is -2.26. The summed E-state index contributed by atoms with van der Waals surface area (Å²) in [5, 5.41) is 12.5. The molecular formula is C24H23Cl2N3O4. The molecule has 2 aromatic carbocycles. The topological polar surface area (TPSA) is 85.9 Å². The maximum atomic E-state index is 13.2. The molecule has 0 saturated carbocycles. The van der Waals surface area contributed by atoms with Gasteiger partial charge in [0.25, 0.3) is 11.7 Å². The molecule has 1 aliphatic rings. The molecule has 2 N–H and O–H groups in total. The first-order valence-electron chi connectivity index (χ1n) is 10.3. The Morgan fingerprint density at radius 3 is 2.48 bits per heavy atom. The number of fused-ring (bicyclic) bond motifs is 1. The average molecular weight is 488 g/mol. The van der Waals surface area contributed by atoms with Crippen molar-refractivity contribution in [2.75, 3.05) is 34.3 Å². The van der Waals surface area contributed by atoms with E-state index in [1.807, 2.05) is 43.3 Å². The third-order valence-corrected chi connectivity index (χ3v) is 6.28. The van der Waals surface area contributed by atoms with Gasteiger partial charge in [-0.1, -0.05) is 41.4 Å². The highest BCUT2D eigenvalue weighted by Crippen LogP contribution is 2.43. The molecule has 1 aliphatic heterocycles. The van der Waals surface area contributed by atoms with Gasteiger partial charge in [0.05, 0.1) is 28.8 Å². The molecule has 0 radical (unpaired) electrons. The number of aliphatic hydroxyl groups excluding tert-OH is 1. The van der Waals surface area contributed by atoms with Crippen LogP contribution in [0.25, 0.3) is 16.7 Å². The van der Waals surface area contributed by atoms with Crippen molar-refractivity contribution < 1.29 is 19.4 Å². The Hall–Kier alpha value is -3.00. The van der Waals surface area contributed by atoms with Crippen LogP contribution in [-0.2, 0) is 9.59 Å². The molecule has 1 atom stereocenters. The van der Waals surface area contributed by atoms with Crippen LogP contribution in [0.5, 0.6) is 5.75 Å². The summed E-state index contributed by atoms with van der Waals surface area (Å²) >= 11 is 12.5. The van der Waals surface area contributed by atoms with Gasteiger partial charge in [-0.15, -0.1) is 0 Å². The van der Waals surface area contributed by atoms with Crippen LogP contribution in [0.3, 0.4) is 0 Å². The van der Waals surface area contributed by atoms with E-state index in [1.165, 1.54) is 24.1 Å². The molecule has 0 aliphatic carbocycles. The first kappa shape index (κ1) is 23.2. The lowest BCUT2D eigenvalue weighted by molar-refractivity contribution is -0.140. The highest BCUT2D eigenvalue weighted by Gasteiger charge is 2.46. The lowest BCUT2D eigenvalue weighted by atomic mass is 9.95. The van der Waals surface area contributed by atoms with Crippen molar-refractivity contribution in [1.82, 2.24) is 14.8 Å². The number of aromatic nitrogens is 1.